The minimum absolute atomic E-state index is 0.0575. The van der Waals surface area contributed by atoms with E-state index in [1.165, 1.54) is 16.9 Å². The van der Waals surface area contributed by atoms with Gasteiger partial charge in [-0.25, -0.2) is 4.98 Å². The number of hydrogen-bond donors (Lipinski definition) is 0. The Hall–Kier alpha value is -2.14. The van der Waals surface area contributed by atoms with Crippen molar-refractivity contribution in [3.05, 3.63) is 85.7 Å². The average Bonchev–Trinajstić information content (AvgIpc) is 3.06. The molecule has 4 aromatic rings. The van der Waals surface area contributed by atoms with Crippen LogP contribution in [0.25, 0.3) is 21.3 Å². The largest absolute Gasteiger partial charge is 0.294 e. The van der Waals surface area contributed by atoms with Crippen LogP contribution < -0.4 is 5.56 Å². The molecule has 130 valence electrons. The molecule has 0 N–H and O–H groups in total. The Morgan fingerprint density at radius 1 is 1.08 bits per heavy atom. The zero-order valence-electron chi connectivity index (χ0n) is 13.9. The van der Waals surface area contributed by atoms with Gasteiger partial charge in [-0.05, 0) is 30.2 Å². The fraction of sp³-hybridized carbons (Fsp3) is 0.100. The topological polar surface area (TPSA) is 34.9 Å². The molecule has 2 aromatic carbocycles. The summed E-state index contributed by atoms with van der Waals surface area (Å²) in [6.45, 7) is 2.43. The Bertz CT molecular complexity index is 1160. The molecule has 0 fully saturated rings. The van der Waals surface area contributed by atoms with Gasteiger partial charge in [-0.2, -0.15) is 0 Å². The number of rotatable bonds is 3. The van der Waals surface area contributed by atoms with E-state index in [9.17, 15) is 4.79 Å². The fourth-order valence-electron chi connectivity index (χ4n) is 2.86. The van der Waals surface area contributed by atoms with Crippen LogP contribution in [0.4, 0.5) is 0 Å². The predicted octanol–water partition coefficient (Wildman–Crippen LogP) is 5.79. The number of nitrogens with zero attached hydrogens (tertiary/aromatic N) is 2. The van der Waals surface area contributed by atoms with Gasteiger partial charge in [0.15, 0.2) is 0 Å². The highest BCUT2D eigenvalue weighted by molar-refractivity contribution is 7.17. The number of thiophene rings is 1. The summed E-state index contributed by atoms with van der Waals surface area (Å²) < 4.78 is 1.60. The Labute approximate surface area is 164 Å². The van der Waals surface area contributed by atoms with Crippen LogP contribution >= 0.6 is 34.5 Å². The number of aromatic nitrogens is 2. The molecular weight excluding hydrogens is 387 g/mol. The minimum Gasteiger partial charge on any atom is -0.294 e. The SMILES string of the molecule is Cc1ccc(-c2csc3ncn(Cc4ccc(Cl)c(Cl)c4)c(=O)c23)cc1. The maximum Gasteiger partial charge on any atom is 0.263 e. The van der Waals surface area contributed by atoms with Gasteiger partial charge in [0, 0.05) is 10.9 Å². The van der Waals surface area contributed by atoms with Crippen molar-refractivity contribution in [1.82, 2.24) is 9.55 Å². The van der Waals surface area contributed by atoms with Crippen molar-refractivity contribution in [2.75, 3.05) is 0 Å². The van der Waals surface area contributed by atoms with E-state index >= 15 is 0 Å². The van der Waals surface area contributed by atoms with Gasteiger partial charge in [0.2, 0.25) is 0 Å². The second-order valence-corrected chi connectivity index (χ2v) is 7.79. The Kier molecular flexibility index (Phi) is 4.57. The molecule has 0 aliphatic heterocycles. The van der Waals surface area contributed by atoms with Gasteiger partial charge in [-0.3, -0.25) is 9.36 Å². The van der Waals surface area contributed by atoms with Crippen molar-refractivity contribution in [3.63, 3.8) is 0 Å². The molecule has 0 saturated heterocycles. The van der Waals surface area contributed by atoms with E-state index in [4.69, 9.17) is 23.2 Å². The first-order valence-corrected chi connectivity index (χ1v) is 9.64. The van der Waals surface area contributed by atoms with E-state index in [-0.39, 0.29) is 5.56 Å². The van der Waals surface area contributed by atoms with Gasteiger partial charge in [0.1, 0.15) is 4.83 Å². The molecule has 0 aliphatic rings. The monoisotopic (exact) mass is 400 g/mol. The molecule has 26 heavy (non-hydrogen) atoms. The molecule has 0 bridgehead atoms. The number of aryl methyl sites for hydroxylation is 1. The van der Waals surface area contributed by atoms with Crippen molar-refractivity contribution in [2.24, 2.45) is 0 Å². The summed E-state index contributed by atoms with van der Waals surface area (Å²) in [5.74, 6) is 0. The zero-order chi connectivity index (χ0) is 18.3. The quantitative estimate of drug-likeness (QED) is 0.436. The Balaban J connectivity index is 1.81. The highest BCUT2D eigenvalue weighted by Gasteiger charge is 2.13. The average molecular weight is 401 g/mol. The van der Waals surface area contributed by atoms with E-state index in [0.29, 0.717) is 22.0 Å². The molecule has 0 atom stereocenters. The summed E-state index contributed by atoms with van der Waals surface area (Å²) in [7, 11) is 0. The number of hydrogen-bond acceptors (Lipinski definition) is 3. The fourth-order valence-corrected chi connectivity index (χ4v) is 4.09. The summed E-state index contributed by atoms with van der Waals surface area (Å²) in [6, 6.07) is 13.5. The standard InChI is InChI=1S/C20H14Cl2N2OS/c1-12-2-5-14(6-3-12)15-10-26-19-18(15)20(25)24(11-23-19)9-13-4-7-16(21)17(22)8-13/h2-8,10-11H,9H2,1H3. The summed E-state index contributed by atoms with van der Waals surface area (Å²) in [6.07, 6.45) is 1.59. The van der Waals surface area contributed by atoms with E-state index in [2.05, 4.69) is 4.98 Å². The summed E-state index contributed by atoms with van der Waals surface area (Å²) in [5.41, 5.74) is 3.97. The van der Waals surface area contributed by atoms with E-state index < -0.39 is 0 Å². The smallest absolute Gasteiger partial charge is 0.263 e. The lowest BCUT2D eigenvalue weighted by molar-refractivity contribution is 0.749. The summed E-state index contributed by atoms with van der Waals surface area (Å²) in [4.78, 5) is 18.3. The maximum absolute atomic E-state index is 13.1. The van der Waals surface area contributed by atoms with Crippen LogP contribution in [-0.2, 0) is 6.54 Å². The first-order chi connectivity index (χ1) is 12.5. The van der Waals surface area contributed by atoms with E-state index in [0.717, 1.165) is 21.5 Å². The first-order valence-electron chi connectivity index (χ1n) is 8.00. The van der Waals surface area contributed by atoms with Gasteiger partial charge in [-0.15, -0.1) is 11.3 Å². The van der Waals surface area contributed by atoms with Gasteiger partial charge in [0.05, 0.1) is 28.3 Å². The van der Waals surface area contributed by atoms with Gasteiger partial charge in [0.25, 0.3) is 5.56 Å². The van der Waals surface area contributed by atoms with Crippen LogP contribution in [0, 0.1) is 6.92 Å². The van der Waals surface area contributed by atoms with Crippen molar-refractivity contribution in [2.45, 2.75) is 13.5 Å². The number of fused-ring (bicyclic) bond motifs is 1. The van der Waals surface area contributed by atoms with E-state index in [1.807, 2.05) is 42.6 Å². The van der Waals surface area contributed by atoms with Crippen LogP contribution in [0.15, 0.2) is 59.0 Å². The van der Waals surface area contributed by atoms with Crippen LogP contribution in [0.1, 0.15) is 11.1 Å². The molecule has 2 heterocycles. The summed E-state index contributed by atoms with van der Waals surface area (Å²) >= 11 is 13.5. The highest BCUT2D eigenvalue weighted by atomic mass is 35.5. The molecular formula is C20H14Cl2N2OS. The highest BCUT2D eigenvalue weighted by Crippen LogP contribution is 2.31. The van der Waals surface area contributed by atoms with Crippen molar-refractivity contribution < 1.29 is 0 Å². The third kappa shape index (κ3) is 3.16. The third-order valence-electron chi connectivity index (χ3n) is 4.26. The second-order valence-electron chi connectivity index (χ2n) is 6.12. The third-order valence-corrected chi connectivity index (χ3v) is 5.89. The molecule has 0 spiro atoms. The van der Waals surface area contributed by atoms with Crippen molar-refractivity contribution in [3.8, 4) is 11.1 Å². The molecule has 3 nitrogen and oxygen atoms in total. The number of halogens is 2. The molecule has 0 unspecified atom stereocenters. The minimum atomic E-state index is -0.0575. The second kappa shape index (κ2) is 6.88. The predicted molar refractivity (Wildman–Crippen MR) is 110 cm³/mol. The van der Waals surface area contributed by atoms with Crippen LogP contribution in [0.5, 0.6) is 0 Å². The zero-order valence-corrected chi connectivity index (χ0v) is 16.2. The first kappa shape index (κ1) is 17.3. The Morgan fingerprint density at radius 3 is 2.58 bits per heavy atom. The normalized spacial score (nSPS) is 11.2. The van der Waals surface area contributed by atoms with Gasteiger partial charge in [-0.1, -0.05) is 59.1 Å². The van der Waals surface area contributed by atoms with Crippen LogP contribution in [-0.4, -0.2) is 9.55 Å². The van der Waals surface area contributed by atoms with E-state index in [1.54, 1.807) is 23.0 Å². The molecule has 4 rings (SSSR count). The Morgan fingerprint density at radius 2 is 1.85 bits per heavy atom. The van der Waals surface area contributed by atoms with Crippen molar-refractivity contribution in [1.29, 1.82) is 0 Å². The molecule has 6 heteroatoms. The van der Waals surface area contributed by atoms with Crippen molar-refractivity contribution >= 4 is 44.8 Å². The lowest BCUT2D eigenvalue weighted by Crippen LogP contribution is -2.21. The van der Waals surface area contributed by atoms with Gasteiger partial charge < -0.3 is 0 Å². The van der Waals surface area contributed by atoms with Gasteiger partial charge >= 0.3 is 0 Å². The van der Waals surface area contributed by atoms with Crippen LogP contribution in [0.2, 0.25) is 10.0 Å². The maximum atomic E-state index is 13.1. The molecule has 0 saturated carbocycles. The summed E-state index contributed by atoms with van der Waals surface area (Å²) in [5, 5.41) is 3.62. The molecule has 0 radical (unpaired) electrons. The lowest BCUT2D eigenvalue weighted by atomic mass is 10.1. The molecule has 2 aromatic heterocycles. The molecule has 0 amide bonds. The lowest BCUT2D eigenvalue weighted by Gasteiger charge is -2.07. The number of benzene rings is 2. The van der Waals surface area contributed by atoms with Crippen LogP contribution in [0.3, 0.4) is 0 Å². The molecule has 0 aliphatic carbocycles.